The van der Waals surface area contributed by atoms with Gasteiger partial charge < -0.3 is 25.2 Å². The van der Waals surface area contributed by atoms with Crippen molar-refractivity contribution >= 4 is 40.0 Å². The number of hydrogen-bond donors (Lipinski definition) is 2. The zero-order valence-corrected chi connectivity index (χ0v) is 20.5. The van der Waals surface area contributed by atoms with Gasteiger partial charge in [0.25, 0.3) is 0 Å². The van der Waals surface area contributed by atoms with Crippen molar-refractivity contribution in [1.82, 2.24) is 14.8 Å². The van der Waals surface area contributed by atoms with E-state index in [4.69, 9.17) is 0 Å². The van der Waals surface area contributed by atoms with Crippen molar-refractivity contribution in [2.24, 2.45) is 5.92 Å². The summed E-state index contributed by atoms with van der Waals surface area (Å²) in [5, 5.41) is 7.76. The maximum atomic E-state index is 13.2. The Bertz CT molecular complexity index is 1030. The molecule has 36 heavy (non-hydrogen) atoms. The summed E-state index contributed by atoms with van der Waals surface area (Å²) in [6.07, 6.45) is 7.73. The smallest absolute Gasteiger partial charge is 0.387 e. The number of nitrogens with zero attached hydrogens (tertiary/aromatic N) is 3. The highest BCUT2D eigenvalue weighted by Gasteiger charge is 2.37. The summed E-state index contributed by atoms with van der Waals surface area (Å²) in [5.41, 5.74) is 0.384. The monoisotopic (exact) mass is 521 g/mol. The normalized spacial score (nSPS) is 17.7. The molecule has 0 bridgehead atoms. The summed E-state index contributed by atoms with van der Waals surface area (Å²) in [6.45, 7) is -2.60. The lowest BCUT2D eigenvalue weighted by Gasteiger charge is -2.39. The highest BCUT2D eigenvalue weighted by molar-refractivity contribution is 7.13. The predicted molar refractivity (Wildman–Crippen MR) is 131 cm³/mol. The summed E-state index contributed by atoms with van der Waals surface area (Å²) in [4.78, 5) is 46.1. The fourth-order valence-electron chi connectivity index (χ4n) is 4.70. The van der Waals surface area contributed by atoms with Gasteiger partial charge in [0, 0.05) is 30.4 Å². The van der Waals surface area contributed by atoms with Crippen molar-refractivity contribution in [3.63, 3.8) is 0 Å². The van der Waals surface area contributed by atoms with Crippen LogP contribution in [0, 0.1) is 5.92 Å². The van der Waals surface area contributed by atoms with Gasteiger partial charge in [-0.3, -0.25) is 9.59 Å². The third-order valence-corrected chi connectivity index (χ3v) is 7.19. The number of thiazole rings is 1. The van der Waals surface area contributed by atoms with Crippen molar-refractivity contribution in [1.29, 1.82) is 0 Å². The summed E-state index contributed by atoms with van der Waals surface area (Å²) in [7, 11) is 0. The SMILES string of the molecule is O=C(Nc1nccs1)[C@H](CC1CCCCC1)N1CCN(C(=O)Nc2ccc(OC(F)F)cc2)CC1=O. The summed E-state index contributed by atoms with van der Waals surface area (Å²) in [6, 6.07) is 4.41. The first-order chi connectivity index (χ1) is 17.4. The average Bonchev–Trinajstić information content (AvgIpc) is 3.37. The maximum Gasteiger partial charge on any atom is 0.387 e. The molecule has 1 aliphatic heterocycles. The van der Waals surface area contributed by atoms with E-state index in [-0.39, 0.29) is 37.2 Å². The first-order valence-electron chi connectivity index (χ1n) is 12.0. The van der Waals surface area contributed by atoms with Gasteiger partial charge in [-0.25, -0.2) is 9.78 Å². The summed E-state index contributed by atoms with van der Waals surface area (Å²) >= 11 is 1.32. The van der Waals surface area contributed by atoms with Gasteiger partial charge in [-0.15, -0.1) is 11.3 Å². The van der Waals surface area contributed by atoms with Gasteiger partial charge >= 0.3 is 12.6 Å². The summed E-state index contributed by atoms with van der Waals surface area (Å²) in [5.74, 6) is -0.205. The van der Waals surface area contributed by atoms with E-state index in [2.05, 4.69) is 20.4 Å². The number of benzene rings is 1. The van der Waals surface area contributed by atoms with E-state index >= 15 is 0 Å². The molecular formula is C24H29F2N5O4S. The Labute approximate surface area is 211 Å². The van der Waals surface area contributed by atoms with Crippen LogP contribution >= 0.6 is 11.3 Å². The van der Waals surface area contributed by atoms with Gasteiger partial charge in [0.2, 0.25) is 11.8 Å². The van der Waals surface area contributed by atoms with Crippen LogP contribution in [0.15, 0.2) is 35.8 Å². The Morgan fingerprint density at radius 2 is 1.86 bits per heavy atom. The fourth-order valence-corrected chi connectivity index (χ4v) is 5.23. The van der Waals surface area contributed by atoms with Crippen molar-refractivity contribution in [2.75, 3.05) is 30.3 Å². The molecule has 4 amide bonds. The Kier molecular flexibility index (Phi) is 8.68. The number of nitrogens with one attached hydrogen (secondary N) is 2. The maximum absolute atomic E-state index is 13.2. The third-order valence-electron chi connectivity index (χ3n) is 6.50. The number of urea groups is 1. The molecule has 2 aromatic rings. The Hall–Kier alpha value is -3.28. The lowest BCUT2D eigenvalue weighted by atomic mass is 9.84. The first kappa shape index (κ1) is 25.8. The topological polar surface area (TPSA) is 104 Å². The molecule has 0 radical (unpaired) electrons. The quantitative estimate of drug-likeness (QED) is 0.536. The minimum absolute atomic E-state index is 0.0215. The standard InChI is InChI=1S/C24H29F2N5O4S/c25-22(26)35-18-8-6-17(7-9-18)28-24(34)30-11-12-31(20(32)15-30)19(14-16-4-2-1-3-5-16)21(33)29-23-27-10-13-36-23/h6-10,13,16,19,22H,1-5,11-12,14-15H2,(H,28,34)(H,27,29,33)/t19-/m0/s1. The zero-order valence-electron chi connectivity index (χ0n) is 19.7. The largest absolute Gasteiger partial charge is 0.435 e. The van der Waals surface area contributed by atoms with Crippen LogP contribution in [0.5, 0.6) is 5.75 Å². The molecule has 194 valence electrons. The van der Waals surface area contributed by atoms with Gasteiger partial charge in [0.1, 0.15) is 18.3 Å². The number of alkyl halides is 2. The highest BCUT2D eigenvalue weighted by atomic mass is 32.1. The number of carbonyl (C=O) groups is 3. The highest BCUT2D eigenvalue weighted by Crippen LogP contribution is 2.30. The summed E-state index contributed by atoms with van der Waals surface area (Å²) < 4.78 is 28.9. The molecule has 9 nitrogen and oxygen atoms in total. The van der Waals surface area contributed by atoms with Crippen LogP contribution in [0.4, 0.5) is 24.4 Å². The Morgan fingerprint density at radius 3 is 2.50 bits per heavy atom. The van der Waals surface area contributed by atoms with Gasteiger partial charge in [0.05, 0.1) is 0 Å². The van der Waals surface area contributed by atoms with Crippen molar-refractivity contribution < 1.29 is 27.9 Å². The van der Waals surface area contributed by atoms with Crippen LogP contribution < -0.4 is 15.4 Å². The van der Waals surface area contributed by atoms with Crippen LogP contribution in [0.25, 0.3) is 0 Å². The second kappa shape index (κ2) is 12.1. The number of rotatable bonds is 8. The van der Waals surface area contributed by atoms with Crippen LogP contribution in [-0.2, 0) is 9.59 Å². The van der Waals surface area contributed by atoms with E-state index in [1.54, 1.807) is 16.5 Å². The van der Waals surface area contributed by atoms with Crippen LogP contribution in [0.3, 0.4) is 0 Å². The van der Waals surface area contributed by atoms with Gasteiger partial charge in [-0.2, -0.15) is 8.78 Å². The molecule has 2 aliphatic rings. The van der Waals surface area contributed by atoms with Gasteiger partial charge in [-0.1, -0.05) is 32.1 Å². The number of piperazine rings is 1. The van der Waals surface area contributed by atoms with E-state index in [9.17, 15) is 23.2 Å². The predicted octanol–water partition coefficient (Wildman–Crippen LogP) is 4.40. The minimum atomic E-state index is -2.93. The van der Waals surface area contributed by atoms with Gasteiger partial charge in [-0.05, 0) is 36.6 Å². The minimum Gasteiger partial charge on any atom is -0.435 e. The molecule has 2 fully saturated rings. The molecule has 1 aliphatic carbocycles. The molecule has 1 aromatic carbocycles. The molecule has 0 spiro atoms. The van der Waals surface area contributed by atoms with E-state index in [1.165, 1.54) is 46.9 Å². The second-order valence-corrected chi connectivity index (χ2v) is 9.82. The van der Waals surface area contributed by atoms with Crippen molar-refractivity contribution in [2.45, 2.75) is 51.2 Å². The number of halogens is 2. The van der Waals surface area contributed by atoms with Crippen LogP contribution in [0.1, 0.15) is 38.5 Å². The molecule has 1 saturated heterocycles. The number of amides is 4. The number of anilines is 2. The number of hydrogen-bond acceptors (Lipinski definition) is 6. The average molecular weight is 522 g/mol. The first-order valence-corrected chi connectivity index (χ1v) is 12.9. The number of ether oxygens (including phenoxy) is 1. The molecule has 1 aromatic heterocycles. The van der Waals surface area contributed by atoms with Gasteiger partial charge in [0.15, 0.2) is 5.13 Å². The lowest BCUT2D eigenvalue weighted by molar-refractivity contribution is -0.142. The van der Waals surface area contributed by atoms with E-state index in [1.807, 2.05) is 0 Å². The van der Waals surface area contributed by atoms with Crippen molar-refractivity contribution in [3.8, 4) is 5.75 Å². The van der Waals surface area contributed by atoms with E-state index in [0.717, 1.165) is 25.7 Å². The zero-order chi connectivity index (χ0) is 25.5. The number of carbonyl (C=O) groups excluding carboxylic acids is 3. The fraction of sp³-hybridized carbons (Fsp3) is 0.500. The molecule has 12 heteroatoms. The molecular weight excluding hydrogens is 492 g/mol. The third kappa shape index (κ3) is 6.90. The Morgan fingerprint density at radius 1 is 1.11 bits per heavy atom. The molecule has 2 N–H and O–H groups in total. The van der Waals surface area contributed by atoms with E-state index in [0.29, 0.717) is 23.2 Å². The van der Waals surface area contributed by atoms with Crippen molar-refractivity contribution in [3.05, 3.63) is 35.8 Å². The second-order valence-electron chi connectivity index (χ2n) is 8.92. The van der Waals surface area contributed by atoms with Crippen LogP contribution in [0.2, 0.25) is 0 Å². The van der Waals surface area contributed by atoms with Crippen LogP contribution in [-0.4, -0.2) is 64.9 Å². The van der Waals surface area contributed by atoms with E-state index < -0.39 is 18.7 Å². The molecule has 1 saturated carbocycles. The molecule has 2 heterocycles. The lowest BCUT2D eigenvalue weighted by Crippen LogP contribution is -2.59. The number of aromatic nitrogens is 1. The molecule has 4 rings (SSSR count). The molecule has 1 atom stereocenters. The Balaban J connectivity index is 1.37. The molecule has 0 unspecified atom stereocenters.